The maximum absolute atomic E-state index is 10.1. The molecule has 3 fully saturated rings. The normalized spacial score (nSPS) is 28.6. The quantitative estimate of drug-likeness (QED) is 0.761. The van der Waals surface area contributed by atoms with Crippen LogP contribution < -0.4 is 0 Å². The molecule has 0 aromatic carbocycles. The van der Waals surface area contributed by atoms with Crippen LogP contribution in [0.5, 0.6) is 0 Å². The molecule has 0 bridgehead atoms. The summed E-state index contributed by atoms with van der Waals surface area (Å²) >= 11 is 0. The van der Waals surface area contributed by atoms with Gasteiger partial charge in [0.25, 0.3) is 0 Å². The van der Waals surface area contributed by atoms with Crippen molar-refractivity contribution in [3.05, 3.63) is 0 Å². The summed E-state index contributed by atoms with van der Waals surface area (Å²) in [4.78, 5) is 4.97. The Morgan fingerprint density at radius 1 is 1.05 bits per heavy atom. The van der Waals surface area contributed by atoms with E-state index < -0.39 is 0 Å². The third kappa shape index (κ3) is 4.40. The molecule has 116 valence electrons. The predicted molar refractivity (Wildman–Crippen MR) is 76.8 cm³/mol. The molecule has 0 amide bonds. The van der Waals surface area contributed by atoms with Crippen LogP contribution in [0.3, 0.4) is 0 Å². The first kappa shape index (κ1) is 14.7. The molecule has 2 heterocycles. The van der Waals surface area contributed by atoms with Gasteiger partial charge in [-0.1, -0.05) is 0 Å². The largest absolute Gasteiger partial charge is 0.389 e. The maximum Gasteiger partial charge on any atom is 0.0900 e. The van der Waals surface area contributed by atoms with E-state index in [-0.39, 0.29) is 12.2 Å². The summed E-state index contributed by atoms with van der Waals surface area (Å²) in [6.07, 6.45) is 4.64. The monoisotopic (exact) mass is 284 g/mol. The van der Waals surface area contributed by atoms with E-state index in [1.807, 2.05) is 0 Å². The van der Waals surface area contributed by atoms with E-state index in [9.17, 15) is 5.11 Å². The van der Waals surface area contributed by atoms with Crippen LogP contribution in [0.15, 0.2) is 0 Å². The van der Waals surface area contributed by atoms with Crippen molar-refractivity contribution >= 4 is 0 Å². The number of nitrogens with zero attached hydrogens (tertiary/aromatic N) is 2. The molecule has 0 spiro atoms. The zero-order valence-electron chi connectivity index (χ0n) is 12.4. The van der Waals surface area contributed by atoms with E-state index in [0.29, 0.717) is 6.61 Å². The molecular weight excluding hydrogens is 256 g/mol. The van der Waals surface area contributed by atoms with Crippen molar-refractivity contribution in [2.24, 2.45) is 0 Å². The van der Waals surface area contributed by atoms with Crippen LogP contribution in [-0.2, 0) is 9.47 Å². The minimum absolute atomic E-state index is 0.283. The molecule has 1 atom stereocenters. The standard InChI is InChI=1S/C15H28N2O3/c18-14(12-20-15-3-9-19-10-4-15)11-16-5-7-17(8-6-16)13-1-2-13/h13-15,18H,1-12H2. The first-order valence-corrected chi connectivity index (χ1v) is 8.15. The molecule has 1 aliphatic carbocycles. The minimum Gasteiger partial charge on any atom is -0.389 e. The van der Waals surface area contributed by atoms with Crippen LogP contribution >= 0.6 is 0 Å². The smallest absolute Gasteiger partial charge is 0.0900 e. The van der Waals surface area contributed by atoms with Gasteiger partial charge >= 0.3 is 0 Å². The molecule has 1 N–H and O–H groups in total. The first-order valence-electron chi connectivity index (χ1n) is 8.15. The molecule has 0 radical (unpaired) electrons. The lowest BCUT2D eigenvalue weighted by Crippen LogP contribution is -2.49. The van der Waals surface area contributed by atoms with Crippen molar-refractivity contribution in [1.82, 2.24) is 9.80 Å². The second-order valence-corrected chi connectivity index (χ2v) is 6.37. The highest BCUT2D eigenvalue weighted by atomic mass is 16.5. The Kier molecular flexibility index (Phi) is 5.29. The Bertz CT molecular complexity index is 285. The van der Waals surface area contributed by atoms with Crippen LogP contribution in [0.4, 0.5) is 0 Å². The molecular formula is C15H28N2O3. The van der Waals surface area contributed by atoms with Crippen LogP contribution in [0.1, 0.15) is 25.7 Å². The average molecular weight is 284 g/mol. The zero-order chi connectivity index (χ0) is 13.8. The third-order valence-corrected chi connectivity index (χ3v) is 4.63. The van der Waals surface area contributed by atoms with Crippen LogP contribution in [0.25, 0.3) is 0 Å². The number of aliphatic hydroxyl groups excluding tert-OH is 1. The molecule has 1 unspecified atom stereocenters. The third-order valence-electron chi connectivity index (χ3n) is 4.63. The lowest BCUT2D eigenvalue weighted by atomic mass is 10.1. The van der Waals surface area contributed by atoms with Crippen molar-refractivity contribution in [3.63, 3.8) is 0 Å². The number of rotatable bonds is 6. The molecule has 3 aliphatic rings. The molecule has 2 aliphatic heterocycles. The average Bonchev–Trinajstić information content (AvgIpc) is 3.32. The topological polar surface area (TPSA) is 45.2 Å². The highest BCUT2D eigenvalue weighted by molar-refractivity contribution is 4.87. The lowest BCUT2D eigenvalue weighted by Gasteiger charge is -2.35. The zero-order valence-corrected chi connectivity index (χ0v) is 12.4. The fourth-order valence-electron chi connectivity index (χ4n) is 3.19. The summed E-state index contributed by atoms with van der Waals surface area (Å²) in [5.41, 5.74) is 0. The van der Waals surface area contributed by atoms with Crippen molar-refractivity contribution < 1.29 is 14.6 Å². The van der Waals surface area contributed by atoms with E-state index in [1.165, 1.54) is 12.8 Å². The van der Waals surface area contributed by atoms with Gasteiger partial charge in [-0.15, -0.1) is 0 Å². The Morgan fingerprint density at radius 3 is 2.40 bits per heavy atom. The number of hydrogen-bond donors (Lipinski definition) is 1. The number of piperazine rings is 1. The van der Waals surface area contributed by atoms with E-state index in [0.717, 1.165) is 64.8 Å². The summed E-state index contributed by atoms with van der Waals surface area (Å²) in [6.45, 7) is 7.31. The summed E-state index contributed by atoms with van der Waals surface area (Å²) < 4.78 is 11.1. The van der Waals surface area contributed by atoms with Crippen LogP contribution in [0.2, 0.25) is 0 Å². The number of aliphatic hydroxyl groups is 1. The fraction of sp³-hybridized carbons (Fsp3) is 1.00. The van der Waals surface area contributed by atoms with E-state index in [2.05, 4.69) is 9.80 Å². The van der Waals surface area contributed by atoms with Gasteiger partial charge in [-0.2, -0.15) is 0 Å². The van der Waals surface area contributed by atoms with E-state index in [1.54, 1.807) is 0 Å². The van der Waals surface area contributed by atoms with Gasteiger partial charge in [0.2, 0.25) is 0 Å². The van der Waals surface area contributed by atoms with Gasteiger partial charge in [0.15, 0.2) is 0 Å². The summed E-state index contributed by atoms with van der Waals surface area (Å²) in [7, 11) is 0. The highest BCUT2D eigenvalue weighted by Gasteiger charge is 2.31. The van der Waals surface area contributed by atoms with Gasteiger partial charge in [0, 0.05) is 52.0 Å². The Hall–Kier alpha value is -0.200. The molecule has 0 aromatic rings. The number of ether oxygens (including phenoxy) is 2. The van der Waals surface area contributed by atoms with E-state index in [4.69, 9.17) is 9.47 Å². The fourth-order valence-corrected chi connectivity index (χ4v) is 3.19. The van der Waals surface area contributed by atoms with Gasteiger partial charge in [-0.25, -0.2) is 0 Å². The Labute approximate surface area is 121 Å². The molecule has 3 rings (SSSR count). The van der Waals surface area contributed by atoms with Crippen LogP contribution in [-0.4, -0.2) is 85.7 Å². The van der Waals surface area contributed by atoms with Crippen molar-refractivity contribution in [2.75, 3.05) is 52.5 Å². The molecule has 5 nitrogen and oxygen atoms in total. The molecule has 0 aromatic heterocycles. The molecule has 5 heteroatoms. The molecule has 20 heavy (non-hydrogen) atoms. The SMILES string of the molecule is OC(COC1CCOCC1)CN1CCN(C2CC2)CC1. The Balaban J connectivity index is 1.29. The van der Waals surface area contributed by atoms with Gasteiger partial charge in [0.05, 0.1) is 18.8 Å². The predicted octanol–water partition coefficient (Wildman–Crippen LogP) is 0.323. The summed E-state index contributed by atoms with van der Waals surface area (Å²) in [5.74, 6) is 0. The number of β-amino-alcohol motifs (C(OH)–C–C–N with tert-alkyl or cyclic N) is 1. The Morgan fingerprint density at radius 2 is 1.75 bits per heavy atom. The van der Waals surface area contributed by atoms with Crippen LogP contribution in [0, 0.1) is 0 Å². The first-order chi connectivity index (χ1) is 9.81. The van der Waals surface area contributed by atoms with E-state index >= 15 is 0 Å². The van der Waals surface area contributed by atoms with Gasteiger partial charge in [-0.05, 0) is 25.7 Å². The maximum atomic E-state index is 10.1. The van der Waals surface area contributed by atoms with Gasteiger partial charge < -0.3 is 14.6 Å². The second-order valence-electron chi connectivity index (χ2n) is 6.37. The van der Waals surface area contributed by atoms with Gasteiger partial charge in [-0.3, -0.25) is 9.80 Å². The van der Waals surface area contributed by atoms with Crippen molar-refractivity contribution in [3.8, 4) is 0 Å². The molecule has 1 saturated carbocycles. The lowest BCUT2D eigenvalue weighted by molar-refractivity contribution is -0.0658. The van der Waals surface area contributed by atoms with Crippen molar-refractivity contribution in [2.45, 2.75) is 43.9 Å². The summed E-state index contributed by atoms with van der Waals surface area (Å²) in [6, 6.07) is 0.874. The second kappa shape index (κ2) is 7.18. The summed E-state index contributed by atoms with van der Waals surface area (Å²) in [5, 5.41) is 10.1. The minimum atomic E-state index is -0.356. The highest BCUT2D eigenvalue weighted by Crippen LogP contribution is 2.27. The van der Waals surface area contributed by atoms with Gasteiger partial charge in [0.1, 0.15) is 0 Å². The van der Waals surface area contributed by atoms with Crippen molar-refractivity contribution in [1.29, 1.82) is 0 Å². The number of hydrogen-bond acceptors (Lipinski definition) is 5. The molecule has 2 saturated heterocycles.